The van der Waals surface area contributed by atoms with Gasteiger partial charge in [0.05, 0.1) is 0 Å². The fourth-order valence-corrected chi connectivity index (χ4v) is 2.82. The maximum absolute atomic E-state index is 12.0. The summed E-state index contributed by atoms with van der Waals surface area (Å²) in [5.74, 6) is -2.39. The number of rotatable bonds is 11. The quantitative estimate of drug-likeness (QED) is 0.211. The van der Waals surface area contributed by atoms with Gasteiger partial charge in [-0.15, -0.1) is 0 Å². The van der Waals surface area contributed by atoms with Gasteiger partial charge in [0.2, 0.25) is 5.91 Å². The molecule has 0 bridgehead atoms. The third-order valence-corrected chi connectivity index (χ3v) is 5.68. The van der Waals surface area contributed by atoms with Gasteiger partial charge < -0.3 is 25.5 Å². The molecule has 0 heterocycles. The zero-order chi connectivity index (χ0) is 19.3. The fourth-order valence-electron chi connectivity index (χ4n) is 2.45. The average Bonchev–Trinajstić information content (AvgIpc) is 3.12. The Kier molecular flexibility index (Phi) is 7.81. The van der Waals surface area contributed by atoms with Gasteiger partial charge in [0.25, 0.3) is 0 Å². The molecule has 0 radical (unpaired) electrons. The Hall–Kier alpha value is -1.21. The zero-order valence-electron chi connectivity index (χ0n) is 15.0. The Morgan fingerprint density at radius 1 is 1.28 bits per heavy atom. The lowest BCUT2D eigenvalue weighted by atomic mass is 10.1. The van der Waals surface area contributed by atoms with E-state index in [1.807, 2.05) is 13.8 Å². The van der Waals surface area contributed by atoms with Crippen LogP contribution in [0.4, 0.5) is 0 Å². The molecule has 2 atom stereocenters. The van der Waals surface area contributed by atoms with E-state index in [4.69, 9.17) is 14.9 Å². The molecule has 0 aromatic carbocycles. The molecule has 1 aliphatic rings. The first-order valence-electron chi connectivity index (χ1n) is 8.48. The van der Waals surface area contributed by atoms with Crippen molar-refractivity contribution in [2.24, 2.45) is 11.3 Å². The van der Waals surface area contributed by atoms with Crippen LogP contribution in [0, 0.1) is 11.3 Å². The molecular weight excluding hydrogens is 347 g/mol. The molecular formula is C16H29N2O6P. The molecule has 1 amide bonds. The van der Waals surface area contributed by atoms with Crippen LogP contribution < -0.4 is 10.6 Å². The highest BCUT2D eigenvalue weighted by Gasteiger charge is 2.50. The first kappa shape index (κ1) is 21.8. The Balaban J connectivity index is 2.26. The highest BCUT2D eigenvalue weighted by molar-refractivity contribution is 7.52. The second kappa shape index (κ2) is 8.94. The van der Waals surface area contributed by atoms with Crippen molar-refractivity contribution >= 4 is 19.5 Å². The minimum atomic E-state index is -4.09. The minimum Gasteiger partial charge on any atom is -0.477 e. The second-order valence-electron chi connectivity index (χ2n) is 7.23. The summed E-state index contributed by atoms with van der Waals surface area (Å²) in [5, 5.41) is 14.4. The molecule has 1 rings (SSSR count). The lowest BCUT2D eigenvalue weighted by molar-refractivity contribution is -0.135. The minimum absolute atomic E-state index is 0.0507. The maximum Gasteiger partial charge on any atom is 0.352 e. The van der Waals surface area contributed by atoms with Gasteiger partial charge in [0.1, 0.15) is 11.5 Å². The number of hydrogen-bond donors (Lipinski definition) is 5. The van der Waals surface area contributed by atoms with E-state index in [0.717, 1.165) is 25.7 Å². The number of allylic oxidation sites excluding steroid dienone is 1. The number of aliphatic carboxylic acids is 1. The van der Waals surface area contributed by atoms with E-state index >= 15 is 0 Å². The van der Waals surface area contributed by atoms with Crippen LogP contribution in [-0.2, 0) is 14.2 Å². The summed E-state index contributed by atoms with van der Waals surface area (Å²) in [4.78, 5) is 41.1. The Bertz CT molecular complexity index is 569. The predicted octanol–water partition coefficient (Wildman–Crippen LogP) is 1.79. The smallest absolute Gasteiger partial charge is 0.352 e. The lowest BCUT2D eigenvalue weighted by Crippen LogP contribution is -2.29. The van der Waals surface area contributed by atoms with Gasteiger partial charge >= 0.3 is 13.6 Å². The second-order valence-corrected chi connectivity index (χ2v) is 9.18. The van der Waals surface area contributed by atoms with Crippen LogP contribution in [-0.4, -0.2) is 39.1 Å². The van der Waals surface area contributed by atoms with Gasteiger partial charge in [-0.3, -0.25) is 9.36 Å². The van der Waals surface area contributed by atoms with Crippen molar-refractivity contribution in [3.8, 4) is 0 Å². The van der Waals surface area contributed by atoms with Crippen LogP contribution in [0.15, 0.2) is 11.8 Å². The van der Waals surface area contributed by atoms with Gasteiger partial charge in [0.15, 0.2) is 0 Å². The Labute approximate surface area is 148 Å². The number of carboxylic acid groups (broad SMARTS) is 1. The fraction of sp³-hybridized carbons (Fsp3) is 0.750. The highest BCUT2D eigenvalue weighted by atomic mass is 31.2. The van der Waals surface area contributed by atoms with Crippen molar-refractivity contribution in [3.63, 3.8) is 0 Å². The number of nitrogens with one attached hydrogen (secondary N) is 2. The molecule has 25 heavy (non-hydrogen) atoms. The SMILES string of the molecule is CC(NCCCCC/C=C(/NC(=O)C1CC1(C)C)C(=O)O)P(=O)(O)O. The van der Waals surface area contributed by atoms with Crippen LogP contribution >= 0.6 is 7.60 Å². The molecule has 1 aliphatic carbocycles. The van der Waals surface area contributed by atoms with E-state index in [0.29, 0.717) is 13.0 Å². The van der Waals surface area contributed by atoms with Crippen LogP contribution in [0.5, 0.6) is 0 Å². The van der Waals surface area contributed by atoms with Crippen LogP contribution in [0.3, 0.4) is 0 Å². The largest absolute Gasteiger partial charge is 0.477 e. The lowest BCUT2D eigenvalue weighted by Gasteiger charge is -2.14. The Morgan fingerprint density at radius 3 is 2.36 bits per heavy atom. The summed E-state index contributed by atoms with van der Waals surface area (Å²) < 4.78 is 11.0. The van der Waals surface area contributed by atoms with Crippen LogP contribution in [0.25, 0.3) is 0 Å². The maximum atomic E-state index is 12.0. The first-order valence-corrected chi connectivity index (χ1v) is 10.2. The molecule has 0 saturated heterocycles. The number of carbonyl (C=O) groups excluding carboxylic acids is 1. The molecule has 2 unspecified atom stereocenters. The van der Waals surface area contributed by atoms with Crippen molar-refractivity contribution in [2.45, 2.75) is 58.7 Å². The number of carboxylic acids is 1. The van der Waals surface area contributed by atoms with Crippen molar-refractivity contribution in [2.75, 3.05) is 6.54 Å². The van der Waals surface area contributed by atoms with Crippen LogP contribution in [0.1, 0.15) is 52.9 Å². The van der Waals surface area contributed by atoms with Crippen molar-refractivity contribution in [3.05, 3.63) is 11.8 Å². The van der Waals surface area contributed by atoms with Crippen LogP contribution in [0.2, 0.25) is 0 Å². The predicted molar refractivity (Wildman–Crippen MR) is 93.7 cm³/mol. The third kappa shape index (κ3) is 7.69. The van der Waals surface area contributed by atoms with Crippen molar-refractivity contribution in [1.29, 1.82) is 0 Å². The summed E-state index contributed by atoms with van der Waals surface area (Å²) in [6.07, 6.45) is 5.04. The summed E-state index contributed by atoms with van der Waals surface area (Å²) >= 11 is 0. The summed E-state index contributed by atoms with van der Waals surface area (Å²) in [5.41, 5.74) is -0.133. The van der Waals surface area contributed by atoms with E-state index in [1.54, 1.807) is 0 Å². The molecule has 1 saturated carbocycles. The molecule has 0 spiro atoms. The molecule has 0 aromatic heterocycles. The van der Waals surface area contributed by atoms with Gasteiger partial charge in [-0.2, -0.15) is 0 Å². The average molecular weight is 376 g/mol. The number of unbranched alkanes of at least 4 members (excludes halogenated alkanes) is 3. The molecule has 8 nitrogen and oxygen atoms in total. The molecule has 0 aromatic rings. The van der Waals surface area contributed by atoms with Gasteiger partial charge in [-0.1, -0.05) is 26.3 Å². The van der Waals surface area contributed by atoms with Gasteiger partial charge in [0, 0.05) is 5.92 Å². The molecule has 144 valence electrons. The van der Waals surface area contributed by atoms with Crippen molar-refractivity contribution in [1.82, 2.24) is 10.6 Å². The summed E-state index contributed by atoms with van der Waals surface area (Å²) in [6.45, 7) is 5.87. The monoisotopic (exact) mass is 376 g/mol. The van der Waals surface area contributed by atoms with E-state index in [9.17, 15) is 14.2 Å². The van der Waals surface area contributed by atoms with E-state index < -0.39 is 19.3 Å². The number of hydrogen-bond acceptors (Lipinski definition) is 4. The van der Waals surface area contributed by atoms with Crippen molar-refractivity contribution < 1.29 is 29.0 Å². The third-order valence-electron chi connectivity index (χ3n) is 4.49. The number of amides is 1. The normalized spacial score (nSPS) is 20.8. The van der Waals surface area contributed by atoms with E-state index in [1.165, 1.54) is 13.0 Å². The molecule has 0 aliphatic heterocycles. The van der Waals surface area contributed by atoms with E-state index in [-0.39, 0.29) is 22.9 Å². The summed E-state index contributed by atoms with van der Waals surface area (Å²) in [6, 6.07) is 0. The number of carbonyl (C=O) groups is 2. The topological polar surface area (TPSA) is 136 Å². The Morgan fingerprint density at radius 2 is 1.88 bits per heavy atom. The zero-order valence-corrected chi connectivity index (χ0v) is 15.9. The van der Waals surface area contributed by atoms with Gasteiger partial charge in [-0.05, 0) is 44.6 Å². The molecule has 1 fully saturated rings. The van der Waals surface area contributed by atoms with Gasteiger partial charge in [-0.25, -0.2) is 4.79 Å². The highest BCUT2D eigenvalue weighted by Crippen LogP contribution is 2.51. The van der Waals surface area contributed by atoms with E-state index in [2.05, 4.69) is 10.6 Å². The first-order chi connectivity index (χ1) is 11.4. The standard InChI is InChI=1S/C16H29N2O6P/c1-11(25(22,23)24)17-9-7-5-4-6-8-13(15(20)21)18-14(19)12-10-16(12,2)3/h8,11-12,17H,4-7,9-10H2,1-3H3,(H,18,19)(H,20,21)(H2,22,23,24)/b13-8+. The molecule has 9 heteroatoms. The summed E-state index contributed by atoms with van der Waals surface area (Å²) in [7, 11) is -4.09. The molecule has 5 N–H and O–H groups in total.